The molecule has 0 saturated carbocycles. The minimum Gasteiger partial charge on any atom is -0.345 e. The highest BCUT2D eigenvalue weighted by Gasteiger charge is 2.34. The number of nitrogens with zero attached hydrogens (tertiary/aromatic N) is 3. The number of thiazole rings is 1. The van der Waals surface area contributed by atoms with Gasteiger partial charge in [-0.25, -0.2) is 13.4 Å². The van der Waals surface area contributed by atoms with E-state index in [-0.39, 0.29) is 5.52 Å². The molecule has 1 fully saturated rings. The fourth-order valence-electron chi connectivity index (χ4n) is 2.51. The van der Waals surface area contributed by atoms with Crippen LogP contribution in [0.4, 0.5) is 18.3 Å². The number of rotatable bonds is 2. The number of hydrogen-bond donors (Lipinski definition) is 0. The van der Waals surface area contributed by atoms with Crippen LogP contribution in [0.25, 0.3) is 10.2 Å². The summed E-state index contributed by atoms with van der Waals surface area (Å²) in [5, 5.41) is 0.491. The third kappa shape index (κ3) is 3.29. The van der Waals surface area contributed by atoms with Gasteiger partial charge in [-0.2, -0.15) is 17.5 Å². The number of fused-ring (bicyclic) bond motifs is 1. The average Bonchev–Trinajstić information content (AvgIpc) is 2.89. The lowest BCUT2D eigenvalue weighted by Crippen LogP contribution is -2.48. The van der Waals surface area contributed by atoms with E-state index in [1.807, 2.05) is 4.90 Å². The first kappa shape index (κ1) is 16.5. The molecule has 0 N–H and O–H groups in total. The lowest BCUT2D eigenvalue weighted by molar-refractivity contribution is -0.136. The van der Waals surface area contributed by atoms with E-state index in [4.69, 9.17) is 0 Å². The third-order valence-corrected chi connectivity index (χ3v) is 6.08. The first-order chi connectivity index (χ1) is 10.7. The van der Waals surface area contributed by atoms with Gasteiger partial charge < -0.3 is 4.90 Å². The molecule has 0 aliphatic carbocycles. The number of anilines is 1. The maximum Gasteiger partial charge on any atom is 0.418 e. The standard InChI is InChI=1S/C13H14F3N3O2S2/c1-23(20,21)19-7-5-18(6-8-19)12-17-11-9(13(14,15)16)3-2-4-10(11)22-12/h2-4H,5-8H2,1H3. The quantitative estimate of drug-likeness (QED) is 0.820. The van der Waals surface area contributed by atoms with Crippen LogP contribution in [0.15, 0.2) is 18.2 Å². The molecule has 23 heavy (non-hydrogen) atoms. The molecule has 0 spiro atoms. The van der Waals surface area contributed by atoms with Crippen LogP contribution in [0.3, 0.4) is 0 Å². The molecule has 1 aliphatic heterocycles. The summed E-state index contributed by atoms with van der Waals surface area (Å²) in [6.07, 6.45) is -3.30. The Labute approximate surface area is 135 Å². The van der Waals surface area contributed by atoms with Crippen molar-refractivity contribution in [2.24, 2.45) is 0 Å². The smallest absolute Gasteiger partial charge is 0.345 e. The number of piperazine rings is 1. The van der Waals surface area contributed by atoms with Crippen molar-refractivity contribution in [3.05, 3.63) is 23.8 Å². The van der Waals surface area contributed by atoms with Crippen LogP contribution in [0.5, 0.6) is 0 Å². The highest BCUT2D eigenvalue weighted by molar-refractivity contribution is 7.88. The van der Waals surface area contributed by atoms with Gasteiger partial charge in [0, 0.05) is 26.2 Å². The van der Waals surface area contributed by atoms with Crippen LogP contribution >= 0.6 is 11.3 Å². The van der Waals surface area contributed by atoms with Crippen molar-refractivity contribution in [3.63, 3.8) is 0 Å². The molecular formula is C13H14F3N3O2S2. The Hall–Kier alpha value is -1.39. The van der Waals surface area contributed by atoms with Gasteiger partial charge in [0.1, 0.15) is 0 Å². The van der Waals surface area contributed by atoms with Gasteiger partial charge in [0.15, 0.2) is 5.13 Å². The lowest BCUT2D eigenvalue weighted by atomic mass is 10.2. The Balaban J connectivity index is 1.88. The topological polar surface area (TPSA) is 53.5 Å². The predicted molar refractivity (Wildman–Crippen MR) is 83.3 cm³/mol. The SMILES string of the molecule is CS(=O)(=O)N1CCN(c2nc3c(C(F)(F)F)cccc3s2)CC1. The van der Waals surface area contributed by atoms with Gasteiger partial charge in [-0.15, -0.1) is 0 Å². The maximum absolute atomic E-state index is 13.0. The zero-order valence-electron chi connectivity index (χ0n) is 12.2. The lowest BCUT2D eigenvalue weighted by Gasteiger charge is -2.32. The molecule has 0 radical (unpaired) electrons. The van der Waals surface area contributed by atoms with Crippen molar-refractivity contribution >= 4 is 36.7 Å². The number of alkyl halides is 3. The Morgan fingerprint density at radius 3 is 2.39 bits per heavy atom. The molecule has 2 aromatic rings. The summed E-state index contributed by atoms with van der Waals surface area (Å²) in [7, 11) is -3.24. The minimum atomic E-state index is -4.44. The van der Waals surface area contributed by atoms with Crippen LogP contribution in [0.1, 0.15) is 5.56 Å². The second-order valence-electron chi connectivity index (χ2n) is 5.30. The van der Waals surface area contributed by atoms with E-state index in [0.29, 0.717) is 36.0 Å². The highest BCUT2D eigenvalue weighted by Crippen LogP contribution is 2.38. The summed E-state index contributed by atoms with van der Waals surface area (Å²) in [6.45, 7) is 1.43. The normalized spacial score (nSPS) is 17.8. The van der Waals surface area contributed by atoms with Crippen LogP contribution in [0.2, 0.25) is 0 Å². The first-order valence-electron chi connectivity index (χ1n) is 6.83. The summed E-state index contributed by atoms with van der Waals surface area (Å²) in [5.74, 6) is 0. The number of halogens is 3. The van der Waals surface area contributed by atoms with Crippen molar-refractivity contribution in [1.29, 1.82) is 0 Å². The summed E-state index contributed by atoms with van der Waals surface area (Å²) in [5.41, 5.74) is -0.794. The summed E-state index contributed by atoms with van der Waals surface area (Å²) in [6, 6.07) is 4.00. The predicted octanol–water partition coefficient (Wildman–Crippen LogP) is 2.40. The monoisotopic (exact) mass is 365 g/mol. The van der Waals surface area contributed by atoms with Gasteiger partial charge >= 0.3 is 6.18 Å². The van der Waals surface area contributed by atoms with Gasteiger partial charge in [0.05, 0.1) is 22.0 Å². The second-order valence-corrected chi connectivity index (χ2v) is 8.29. The number of hydrogen-bond acceptors (Lipinski definition) is 5. The zero-order chi connectivity index (χ0) is 16.8. The minimum absolute atomic E-state index is 0.0504. The molecule has 0 bridgehead atoms. The molecule has 126 valence electrons. The van der Waals surface area contributed by atoms with E-state index >= 15 is 0 Å². The van der Waals surface area contributed by atoms with Crippen molar-refractivity contribution in [2.75, 3.05) is 37.3 Å². The molecule has 1 saturated heterocycles. The maximum atomic E-state index is 13.0. The Bertz CT molecular complexity index is 825. The van der Waals surface area contributed by atoms with Crippen molar-refractivity contribution in [1.82, 2.24) is 9.29 Å². The van der Waals surface area contributed by atoms with Crippen LogP contribution in [-0.2, 0) is 16.2 Å². The molecule has 2 heterocycles. The van der Waals surface area contributed by atoms with E-state index in [1.165, 1.54) is 21.7 Å². The summed E-state index contributed by atoms with van der Waals surface area (Å²) >= 11 is 1.19. The molecule has 1 aliphatic rings. The zero-order valence-corrected chi connectivity index (χ0v) is 13.8. The molecule has 3 rings (SSSR count). The molecule has 5 nitrogen and oxygen atoms in total. The van der Waals surface area contributed by atoms with Crippen molar-refractivity contribution in [3.8, 4) is 0 Å². The fourth-order valence-corrected chi connectivity index (χ4v) is 4.38. The molecule has 0 atom stereocenters. The molecule has 0 amide bonds. The molecular weight excluding hydrogens is 351 g/mol. The molecule has 1 aromatic carbocycles. The molecule has 0 unspecified atom stereocenters. The van der Waals surface area contributed by atoms with Crippen molar-refractivity contribution in [2.45, 2.75) is 6.18 Å². The van der Waals surface area contributed by atoms with Crippen molar-refractivity contribution < 1.29 is 21.6 Å². The van der Waals surface area contributed by atoms with E-state index in [9.17, 15) is 21.6 Å². The van der Waals surface area contributed by atoms with E-state index in [0.717, 1.165) is 12.3 Å². The van der Waals surface area contributed by atoms with E-state index in [2.05, 4.69) is 4.98 Å². The number of aromatic nitrogens is 1. The van der Waals surface area contributed by atoms with E-state index in [1.54, 1.807) is 6.07 Å². The van der Waals surface area contributed by atoms with Gasteiger partial charge in [-0.3, -0.25) is 0 Å². The molecule has 1 aromatic heterocycles. The third-order valence-electron chi connectivity index (χ3n) is 3.69. The Kier molecular flexibility index (Phi) is 4.01. The summed E-state index contributed by atoms with van der Waals surface area (Å²) < 4.78 is 63.9. The van der Waals surface area contributed by atoms with Gasteiger partial charge in [0.2, 0.25) is 10.0 Å². The van der Waals surface area contributed by atoms with Gasteiger partial charge in [-0.1, -0.05) is 17.4 Å². The highest BCUT2D eigenvalue weighted by atomic mass is 32.2. The number of benzene rings is 1. The van der Waals surface area contributed by atoms with Crippen LogP contribution in [-0.4, -0.2) is 50.1 Å². The van der Waals surface area contributed by atoms with Gasteiger partial charge in [-0.05, 0) is 12.1 Å². The number of sulfonamides is 1. The second kappa shape index (κ2) is 5.60. The Morgan fingerprint density at radius 1 is 1.17 bits per heavy atom. The fraction of sp³-hybridized carbons (Fsp3) is 0.462. The molecule has 10 heteroatoms. The number of para-hydroxylation sites is 1. The van der Waals surface area contributed by atoms with Crippen LogP contribution < -0.4 is 4.90 Å². The largest absolute Gasteiger partial charge is 0.418 e. The Morgan fingerprint density at radius 2 is 1.83 bits per heavy atom. The van der Waals surface area contributed by atoms with Crippen LogP contribution in [0, 0.1) is 0 Å². The van der Waals surface area contributed by atoms with Gasteiger partial charge in [0.25, 0.3) is 0 Å². The van der Waals surface area contributed by atoms with E-state index < -0.39 is 21.8 Å². The first-order valence-corrected chi connectivity index (χ1v) is 9.49. The summed E-state index contributed by atoms with van der Waals surface area (Å²) in [4.78, 5) is 5.97. The average molecular weight is 365 g/mol.